The highest BCUT2D eigenvalue weighted by atomic mass is 16.2. The van der Waals surface area contributed by atoms with Crippen LogP contribution in [-0.4, -0.2) is 54.2 Å². The van der Waals surface area contributed by atoms with Gasteiger partial charge in [-0.1, -0.05) is 0 Å². The number of carbonyl (C=O) groups is 3. The molecule has 2 rings (SSSR count). The molecular weight excluding hydrogens is 272 g/mol. The van der Waals surface area contributed by atoms with Gasteiger partial charge in [-0.05, 0) is 24.3 Å². The van der Waals surface area contributed by atoms with Crippen LogP contribution in [0.3, 0.4) is 0 Å². The van der Waals surface area contributed by atoms with Gasteiger partial charge in [0, 0.05) is 25.8 Å². The Bertz CT molecular complexity index is 618. The standard InChI is InChI=1S/C14H14N4O3/c1-17-6-7-18(14(21)13(17)20)9-12(19)16-11-4-2-10(8-15)3-5-11/h2-5H,6-7,9H2,1H3,(H,16,19). The van der Waals surface area contributed by atoms with Crippen molar-refractivity contribution in [1.29, 1.82) is 5.26 Å². The number of nitriles is 1. The van der Waals surface area contributed by atoms with E-state index in [2.05, 4.69) is 5.32 Å². The van der Waals surface area contributed by atoms with Gasteiger partial charge in [0.25, 0.3) is 0 Å². The predicted molar refractivity (Wildman–Crippen MR) is 74.0 cm³/mol. The fourth-order valence-electron chi connectivity index (χ4n) is 1.93. The number of benzene rings is 1. The molecule has 1 aliphatic rings. The molecule has 0 atom stereocenters. The highest BCUT2D eigenvalue weighted by Crippen LogP contribution is 2.09. The summed E-state index contributed by atoms with van der Waals surface area (Å²) >= 11 is 0. The van der Waals surface area contributed by atoms with Gasteiger partial charge in [0.1, 0.15) is 6.54 Å². The van der Waals surface area contributed by atoms with Crippen LogP contribution in [0.25, 0.3) is 0 Å². The lowest BCUT2D eigenvalue weighted by atomic mass is 10.2. The summed E-state index contributed by atoms with van der Waals surface area (Å²) in [5, 5.41) is 11.3. The van der Waals surface area contributed by atoms with Gasteiger partial charge < -0.3 is 15.1 Å². The summed E-state index contributed by atoms with van der Waals surface area (Å²) < 4.78 is 0. The summed E-state index contributed by atoms with van der Waals surface area (Å²) in [6, 6.07) is 8.36. The van der Waals surface area contributed by atoms with Crippen LogP contribution >= 0.6 is 0 Å². The molecule has 7 heteroatoms. The Morgan fingerprint density at radius 1 is 1.24 bits per heavy atom. The van der Waals surface area contributed by atoms with E-state index in [0.717, 1.165) is 0 Å². The van der Waals surface area contributed by atoms with Crippen LogP contribution in [0, 0.1) is 11.3 Å². The molecule has 0 spiro atoms. The van der Waals surface area contributed by atoms with Crippen molar-refractivity contribution in [3.05, 3.63) is 29.8 Å². The molecule has 1 aliphatic heterocycles. The summed E-state index contributed by atoms with van der Waals surface area (Å²) in [6.45, 7) is 0.578. The molecular formula is C14H14N4O3. The van der Waals surface area contributed by atoms with E-state index >= 15 is 0 Å². The topological polar surface area (TPSA) is 93.5 Å². The van der Waals surface area contributed by atoms with Gasteiger partial charge in [-0.25, -0.2) is 0 Å². The number of nitrogens with one attached hydrogen (secondary N) is 1. The molecule has 108 valence electrons. The van der Waals surface area contributed by atoms with Crippen molar-refractivity contribution in [2.45, 2.75) is 0 Å². The second-order valence-corrected chi connectivity index (χ2v) is 4.69. The van der Waals surface area contributed by atoms with Gasteiger partial charge in [-0.2, -0.15) is 5.26 Å². The van der Waals surface area contributed by atoms with Crippen molar-refractivity contribution < 1.29 is 14.4 Å². The summed E-state index contributed by atoms with van der Waals surface area (Å²) in [6.07, 6.45) is 0. The van der Waals surface area contributed by atoms with Crippen LogP contribution in [-0.2, 0) is 14.4 Å². The van der Waals surface area contributed by atoms with Crippen LogP contribution in [0.2, 0.25) is 0 Å². The Labute approximate surface area is 121 Å². The SMILES string of the molecule is CN1CCN(CC(=O)Nc2ccc(C#N)cc2)C(=O)C1=O. The molecule has 1 aromatic rings. The van der Waals surface area contributed by atoms with E-state index in [0.29, 0.717) is 24.3 Å². The van der Waals surface area contributed by atoms with Crippen molar-refractivity contribution in [2.24, 2.45) is 0 Å². The van der Waals surface area contributed by atoms with Gasteiger partial charge in [0.05, 0.1) is 11.6 Å². The van der Waals surface area contributed by atoms with Gasteiger partial charge in [0.15, 0.2) is 0 Å². The van der Waals surface area contributed by atoms with Crippen molar-refractivity contribution in [3.63, 3.8) is 0 Å². The Morgan fingerprint density at radius 2 is 1.90 bits per heavy atom. The van der Waals surface area contributed by atoms with Gasteiger partial charge in [-0.15, -0.1) is 0 Å². The second kappa shape index (κ2) is 6.05. The predicted octanol–water partition coefficient (Wildman–Crippen LogP) is -0.203. The molecule has 1 N–H and O–H groups in total. The fourth-order valence-corrected chi connectivity index (χ4v) is 1.93. The van der Waals surface area contributed by atoms with E-state index in [1.54, 1.807) is 31.3 Å². The van der Waals surface area contributed by atoms with Crippen LogP contribution in [0.5, 0.6) is 0 Å². The number of carbonyl (C=O) groups excluding carboxylic acids is 3. The molecule has 1 heterocycles. The Balaban J connectivity index is 1.94. The number of hydrogen-bond donors (Lipinski definition) is 1. The number of likely N-dealkylation sites (N-methyl/N-ethyl adjacent to an activating group) is 1. The Kier molecular flexibility index (Phi) is 4.18. The third kappa shape index (κ3) is 3.36. The lowest BCUT2D eigenvalue weighted by Gasteiger charge is -2.30. The highest BCUT2D eigenvalue weighted by Gasteiger charge is 2.31. The minimum absolute atomic E-state index is 0.168. The molecule has 0 aliphatic carbocycles. The third-order valence-electron chi connectivity index (χ3n) is 3.15. The smallest absolute Gasteiger partial charge is 0.312 e. The normalized spacial score (nSPS) is 14.9. The molecule has 1 saturated heterocycles. The van der Waals surface area contributed by atoms with Gasteiger partial charge in [-0.3, -0.25) is 14.4 Å². The van der Waals surface area contributed by atoms with Crippen LogP contribution in [0.15, 0.2) is 24.3 Å². The lowest BCUT2D eigenvalue weighted by Crippen LogP contribution is -2.54. The molecule has 1 fully saturated rings. The van der Waals surface area contributed by atoms with E-state index in [1.165, 1.54) is 9.80 Å². The highest BCUT2D eigenvalue weighted by molar-refractivity contribution is 6.35. The summed E-state index contributed by atoms with van der Waals surface area (Å²) in [4.78, 5) is 37.7. The molecule has 0 aromatic heterocycles. The maximum atomic E-state index is 11.9. The number of piperazine rings is 1. The quantitative estimate of drug-likeness (QED) is 0.778. The first-order valence-electron chi connectivity index (χ1n) is 6.35. The maximum absolute atomic E-state index is 11.9. The van der Waals surface area contributed by atoms with E-state index in [4.69, 9.17) is 5.26 Å². The summed E-state index contributed by atoms with van der Waals surface area (Å²) in [7, 11) is 1.55. The van der Waals surface area contributed by atoms with Crippen LogP contribution in [0.1, 0.15) is 5.56 Å². The zero-order valence-electron chi connectivity index (χ0n) is 11.5. The van der Waals surface area contributed by atoms with E-state index in [9.17, 15) is 14.4 Å². The molecule has 21 heavy (non-hydrogen) atoms. The van der Waals surface area contributed by atoms with Crippen LogP contribution < -0.4 is 5.32 Å². The number of hydrogen-bond acceptors (Lipinski definition) is 4. The Hall–Kier alpha value is -2.88. The minimum atomic E-state index is -0.668. The molecule has 1 aromatic carbocycles. The number of amides is 3. The average molecular weight is 286 g/mol. The fraction of sp³-hybridized carbons (Fsp3) is 0.286. The molecule has 3 amide bonds. The van der Waals surface area contributed by atoms with E-state index < -0.39 is 11.8 Å². The first-order chi connectivity index (χ1) is 10.0. The lowest BCUT2D eigenvalue weighted by molar-refractivity contribution is -0.155. The first-order valence-corrected chi connectivity index (χ1v) is 6.35. The second-order valence-electron chi connectivity index (χ2n) is 4.69. The molecule has 0 bridgehead atoms. The number of anilines is 1. The molecule has 0 saturated carbocycles. The summed E-state index contributed by atoms with van der Waals surface area (Å²) in [5.74, 6) is -1.66. The number of nitrogens with zero attached hydrogens (tertiary/aromatic N) is 3. The van der Waals surface area contributed by atoms with Crippen molar-refractivity contribution in [1.82, 2.24) is 9.80 Å². The van der Waals surface area contributed by atoms with Gasteiger partial charge in [0.2, 0.25) is 5.91 Å². The first kappa shape index (κ1) is 14.5. The Morgan fingerprint density at radius 3 is 2.52 bits per heavy atom. The zero-order chi connectivity index (χ0) is 15.4. The van der Waals surface area contributed by atoms with E-state index in [1.807, 2.05) is 6.07 Å². The molecule has 7 nitrogen and oxygen atoms in total. The molecule has 0 radical (unpaired) electrons. The van der Waals surface area contributed by atoms with Crippen molar-refractivity contribution >= 4 is 23.4 Å². The maximum Gasteiger partial charge on any atom is 0.312 e. The molecule has 0 unspecified atom stereocenters. The summed E-state index contributed by atoms with van der Waals surface area (Å²) in [5.41, 5.74) is 1.03. The monoisotopic (exact) mass is 286 g/mol. The van der Waals surface area contributed by atoms with Crippen molar-refractivity contribution in [3.8, 4) is 6.07 Å². The van der Waals surface area contributed by atoms with E-state index in [-0.39, 0.29) is 12.5 Å². The van der Waals surface area contributed by atoms with Gasteiger partial charge >= 0.3 is 11.8 Å². The third-order valence-corrected chi connectivity index (χ3v) is 3.15. The largest absolute Gasteiger partial charge is 0.336 e. The minimum Gasteiger partial charge on any atom is -0.336 e. The zero-order valence-corrected chi connectivity index (χ0v) is 11.5. The number of rotatable bonds is 3. The average Bonchev–Trinajstić information content (AvgIpc) is 2.49. The van der Waals surface area contributed by atoms with Crippen molar-refractivity contribution in [2.75, 3.05) is 32.0 Å². The van der Waals surface area contributed by atoms with Crippen LogP contribution in [0.4, 0.5) is 5.69 Å².